The second-order valence-corrected chi connectivity index (χ2v) is 13.0. The van der Waals surface area contributed by atoms with Crippen molar-refractivity contribution in [3.8, 4) is 0 Å². The number of fused-ring (bicyclic) bond motifs is 5. The zero-order valence-electron chi connectivity index (χ0n) is 19.1. The van der Waals surface area contributed by atoms with Crippen LogP contribution < -0.4 is 5.73 Å². The lowest BCUT2D eigenvalue weighted by atomic mass is 9.42. The van der Waals surface area contributed by atoms with Crippen LogP contribution in [0, 0.1) is 52.3 Å². The zero-order chi connectivity index (χ0) is 20.1. The van der Waals surface area contributed by atoms with Crippen molar-refractivity contribution in [3.63, 3.8) is 0 Å². The van der Waals surface area contributed by atoms with Gasteiger partial charge in [-0.25, -0.2) is 0 Å². The quantitative estimate of drug-likeness (QED) is 0.308. The first-order valence-corrected chi connectivity index (χ1v) is 14.2. The van der Waals surface area contributed by atoms with Crippen molar-refractivity contribution in [2.45, 2.75) is 104 Å². The second kappa shape index (κ2) is 8.32. The lowest BCUT2D eigenvalue weighted by Gasteiger charge is -2.63. The van der Waals surface area contributed by atoms with Crippen molar-refractivity contribution in [1.82, 2.24) is 0 Å². The normalized spacial score (nSPS) is 51.9. The summed E-state index contributed by atoms with van der Waals surface area (Å²) in [5.74, 6) is 6.80. The van der Waals surface area contributed by atoms with Gasteiger partial charge in [0.25, 0.3) is 0 Å². The van der Waals surface area contributed by atoms with Gasteiger partial charge in [-0.2, -0.15) is 0 Å². The Balaban J connectivity index is 1.58. The average molecular weight is 500 g/mol. The van der Waals surface area contributed by atoms with Gasteiger partial charge >= 0.3 is 0 Å². The molecule has 10 atom stereocenters. The Kier molecular flexibility index (Phi) is 6.51. The van der Waals surface area contributed by atoms with Crippen LogP contribution in [0.4, 0.5) is 0 Å². The van der Waals surface area contributed by atoms with E-state index in [0.29, 0.717) is 16.9 Å². The highest BCUT2D eigenvalue weighted by Gasteiger charge is 2.61. The summed E-state index contributed by atoms with van der Waals surface area (Å²) in [7, 11) is 0. The molecule has 162 valence electrons. The number of halogens is 1. The van der Waals surface area contributed by atoms with Crippen LogP contribution in [0.25, 0.3) is 0 Å². The number of rotatable bonds is 5. The molecule has 0 radical (unpaired) electrons. The molecular formula is C26H46IN. The van der Waals surface area contributed by atoms with E-state index in [4.69, 9.17) is 5.73 Å². The second-order valence-electron chi connectivity index (χ2n) is 12.0. The third-order valence-corrected chi connectivity index (χ3v) is 11.7. The Morgan fingerprint density at radius 3 is 2.39 bits per heavy atom. The highest BCUT2D eigenvalue weighted by Crippen LogP contribution is 2.69. The fourth-order valence-electron chi connectivity index (χ4n) is 9.56. The van der Waals surface area contributed by atoms with Crippen LogP contribution in [0.5, 0.6) is 0 Å². The highest BCUT2D eigenvalue weighted by molar-refractivity contribution is 14.1. The summed E-state index contributed by atoms with van der Waals surface area (Å²) in [6.07, 6.45) is 15.9. The van der Waals surface area contributed by atoms with E-state index >= 15 is 0 Å². The molecule has 0 aliphatic heterocycles. The van der Waals surface area contributed by atoms with Gasteiger partial charge < -0.3 is 5.73 Å². The van der Waals surface area contributed by atoms with E-state index in [1.54, 1.807) is 0 Å². The highest BCUT2D eigenvalue weighted by atomic mass is 127. The number of hydrogen-bond acceptors (Lipinski definition) is 1. The minimum Gasteiger partial charge on any atom is -0.328 e. The van der Waals surface area contributed by atoms with Gasteiger partial charge in [0.15, 0.2) is 0 Å². The van der Waals surface area contributed by atoms with Crippen molar-refractivity contribution in [2.24, 2.45) is 58.0 Å². The average Bonchev–Trinajstić information content (AvgIpc) is 3.03. The van der Waals surface area contributed by atoms with Gasteiger partial charge in [0, 0.05) is 6.04 Å². The summed E-state index contributed by atoms with van der Waals surface area (Å²) in [4.78, 5) is 0. The molecule has 0 amide bonds. The Morgan fingerprint density at radius 2 is 1.68 bits per heavy atom. The SMILES string of the molecule is CC[C@H]1CC2C3CC[C@H]([C@H](C)CCCI)[C@@]3(C)CCC2[C@@]2(C)CCC(N)C[C@@H]12. The number of alkyl halides is 1. The van der Waals surface area contributed by atoms with E-state index in [-0.39, 0.29) is 0 Å². The minimum atomic E-state index is 0.479. The van der Waals surface area contributed by atoms with Crippen LogP contribution in [-0.2, 0) is 0 Å². The van der Waals surface area contributed by atoms with Gasteiger partial charge in [-0.15, -0.1) is 0 Å². The van der Waals surface area contributed by atoms with Gasteiger partial charge in [-0.1, -0.05) is 56.7 Å². The molecule has 4 aliphatic rings. The molecule has 2 heteroatoms. The first-order chi connectivity index (χ1) is 13.3. The van der Waals surface area contributed by atoms with Crippen molar-refractivity contribution in [3.05, 3.63) is 0 Å². The number of hydrogen-bond donors (Lipinski definition) is 1. The van der Waals surface area contributed by atoms with E-state index in [2.05, 4.69) is 50.3 Å². The van der Waals surface area contributed by atoms with E-state index in [1.165, 1.54) is 75.1 Å². The molecule has 0 aromatic rings. The molecule has 2 N–H and O–H groups in total. The predicted molar refractivity (Wildman–Crippen MR) is 130 cm³/mol. The standard InChI is InChI=1S/C26H46IN/c1-5-18-15-20-22-9-8-21(17(2)7-6-14-27)25(22,3)13-11-23(20)26(4)12-10-19(28)16-24(18)26/h17-24H,5-16,28H2,1-4H3/t17-,18+,19?,20?,21-,22?,23?,24+,25-,26-/m1/s1. The predicted octanol–water partition coefficient (Wildman–Crippen LogP) is 7.46. The van der Waals surface area contributed by atoms with Crippen molar-refractivity contribution >= 4 is 22.6 Å². The molecule has 4 fully saturated rings. The maximum atomic E-state index is 6.48. The third kappa shape index (κ3) is 3.43. The molecule has 4 rings (SSSR count). The molecule has 4 aliphatic carbocycles. The zero-order valence-corrected chi connectivity index (χ0v) is 21.2. The number of nitrogens with two attached hydrogens (primary N) is 1. The molecule has 0 aromatic heterocycles. The molecule has 1 nitrogen and oxygen atoms in total. The van der Waals surface area contributed by atoms with Crippen LogP contribution in [0.3, 0.4) is 0 Å². The summed E-state index contributed by atoms with van der Waals surface area (Å²) in [6.45, 7) is 10.5. The van der Waals surface area contributed by atoms with Crippen molar-refractivity contribution in [2.75, 3.05) is 4.43 Å². The van der Waals surface area contributed by atoms with Crippen LogP contribution in [-0.4, -0.2) is 10.5 Å². The van der Waals surface area contributed by atoms with Crippen molar-refractivity contribution < 1.29 is 0 Å². The van der Waals surface area contributed by atoms with Crippen molar-refractivity contribution in [1.29, 1.82) is 0 Å². The monoisotopic (exact) mass is 499 g/mol. The molecular weight excluding hydrogens is 453 g/mol. The fraction of sp³-hybridized carbons (Fsp3) is 1.00. The molecule has 0 spiro atoms. The Morgan fingerprint density at radius 1 is 0.964 bits per heavy atom. The van der Waals surface area contributed by atoms with Gasteiger partial charge in [-0.3, -0.25) is 0 Å². The fourth-order valence-corrected chi connectivity index (χ4v) is 10.0. The molecule has 0 saturated heterocycles. The van der Waals surface area contributed by atoms with E-state index < -0.39 is 0 Å². The summed E-state index contributed by atoms with van der Waals surface area (Å²) in [6, 6.07) is 0.479. The topological polar surface area (TPSA) is 26.0 Å². The molecule has 0 bridgehead atoms. The molecule has 4 unspecified atom stereocenters. The van der Waals surface area contributed by atoms with Crippen LogP contribution in [0.15, 0.2) is 0 Å². The van der Waals surface area contributed by atoms with Gasteiger partial charge in [-0.05, 0) is 121 Å². The van der Waals surface area contributed by atoms with E-state index in [1.807, 2.05) is 0 Å². The van der Waals surface area contributed by atoms with Crippen LogP contribution >= 0.6 is 22.6 Å². The smallest absolute Gasteiger partial charge is 0.00419 e. The van der Waals surface area contributed by atoms with E-state index in [0.717, 1.165) is 41.4 Å². The van der Waals surface area contributed by atoms with Gasteiger partial charge in [0.05, 0.1) is 0 Å². The van der Waals surface area contributed by atoms with E-state index in [9.17, 15) is 0 Å². The molecule has 0 aromatic carbocycles. The first-order valence-electron chi connectivity index (χ1n) is 12.7. The van der Waals surface area contributed by atoms with Crippen LogP contribution in [0.1, 0.15) is 98.3 Å². The largest absolute Gasteiger partial charge is 0.328 e. The first kappa shape index (κ1) is 21.9. The Bertz CT molecular complexity index is 549. The molecule has 4 saturated carbocycles. The van der Waals surface area contributed by atoms with Crippen LogP contribution in [0.2, 0.25) is 0 Å². The molecule has 28 heavy (non-hydrogen) atoms. The third-order valence-electron chi connectivity index (χ3n) is 11.0. The lowest BCUT2D eigenvalue weighted by Crippen LogP contribution is -2.57. The summed E-state index contributed by atoms with van der Waals surface area (Å²) < 4.78 is 1.33. The lowest BCUT2D eigenvalue weighted by molar-refractivity contribution is -0.140. The molecule has 0 heterocycles. The summed E-state index contributed by atoms with van der Waals surface area (Å²) >= 11 is 2.57. The van der Waals surface area contributed by atoms with Gasteiger partial charge in [0.2, 0.25) is 0 Å². The maximum Gasteiger partial charge on any atom is 0.00419 e. The minimum absolute atomic E-state index is 0.479. The summed E-state index contributed by atoms with van der Waals surface area (Å²) in [5, 5.41) is 0. The maximum absolute atomic E-state index is 6.48. The summed E-state index contributed by atoms with van der Waals surface area (Å²) in [5.41, 5.74) is 7.71. The van der Waals surface area contributed by atoms with Gasteiger partial charge in [0.1, 0.15) is 0 Å². The Labute approximate surface area is 188 Å². The Hall–Kier alpha value is 0.690.